The topological polar surface area (TPSA) is 17.8 Å². The fraction of sp³-hybridized carbons (Fsp3) is 0.471. The minimum Gasteiger partial charge on any atom is -0.269 e. The third-order valence-corrected chi connectivity index (χ3v) is 5.09. The molecule has 0 fully saturated rings. The van der Waals surface area contributed by atoms with Gasteiger partial charge in [0, 0.05) is 22.5 Å². The quantitative estimate of drug-likeness (QED) is 0.579. The normalized spacial score (nSPS) is 12.8. The largest absolute Gasteiger partial charge is 0.269 e. The van der Waals surface area contributed by atoms with Gasteiger partial charge in [0.2, 0.25) is 0 Å². The molecule has 2 aromatic rings. The van der Waals surface area contributed by atoms with Gasteiger partial charge in [0.1, 0.15) is 0 Å². The molecule has 0 saturated carbocycles. The van der Waals surface area contributed by atoms with Gasteiger partial charge in [0.05, 0.1) is 11.7 Å². The van der Waals surface area contributed by atoms with Crippen molar-refractivity contribution in [2.45, 2.75) is 45.1 Å². The molecule has 2 rings (SSSR count). The minimum atomic E-state index is 0.351. The monoisotopic (exact) mass is 368 g/mol. The zero-order chi connectivity index (χ0) is 15.2. The van der Waals surface area contributed by atoms with Crippen LogP contribution < -0.4 is 0 Å². The Morgan fingerprint density at radius 3 is 2.52 bits per heavy atom. The van der Waals surface area contributed by atoms with Gasteiger partial charge in [-0.05, 0) is 37.0 Å². The Morgan fingerprint density at radius 2 is 1.90 bits per heavy atom. The number of benzene rings is 1. The average molecular weight is 370 g/mol. The van der Waals surface area contributed by atoms with Crippen molar-refractivity contribution >= 4 is 27.5 Å². The third kappa shape index (κ3) is 4.10. The standard InChI is InChI=1S/C17H22BrClN2/c1-3-15(4-2)21-10-9-14(20-21)11-13(12-18)16-7-5-6-8-17(16)19/h5-10,13,15H,3-4,11-12H2,1-2H3. The zero-order valence-electron chi connectivity index (χ0n) is 12.6. The van der Waals surface area contributed by atoms with Crippen molar-refractivity contribution in [2.75, 3.05) is 5.33 Å². The fourth-order valence-corrected chi connectivity index (χ4v) is 3.53. The Hall–Kier alpha value is -0.800. The van der Waals surface area contributed by atoms with Gasteiger partial charge in [-0.3, -0.25) is 4.68 Å². The molecular formula is C17H22BrClN2. The van der Waals surface area contributed by atoms with Crippen LogP contribution in [0, 0.1) is 0 Å². The van der Waals surface area contributed by atoms with E-state index in [-0.39, 0.29) is 0 Å². The maximum Gasteiger partial charge on any atom is 0.0631 e. The van der Waals surface area contributed by atoms with Gasteiger partial charge in [-0.25, -0.2) is 0 Å². The molecule has 1 aromatic carbocycles. The first kappa shape index (κ1) is 16.6. The highest BCUT2D eigenvalue weighted by Gasteiger charge is 2.16. The molecular weight excluding hydrogens is 348 g/mol. The van der Waals surface area contributed by atoms with E-state index in [1.807, 2.05) is 18.2 Å². The first-order valence-corrected chi connectivity index (χ1v) is 9.03. The van der Waals surface area contributed by atoms with Gasteiger partial charge in [-0.2, -0.15) is 5.10 Å². The lowest BCUT2D eigenvalue weighted by Gasteiger charge is -2.15. The van der Waals surface area contributed by atoms with Gasteiger partial charge in [-0.15, -0.1) is 0 Å². The van der Waals surface area contributed by atoms with Crippen LogP contribution in [0.5, 0.6) is 0 Å². The van der Waals surface area contributed by atoms with Crippen molar-refractivity contribution in [1.82, 2.24) is 9.78 Å². The summed E-state index contributed by atoms with van der Waals surface area (Å²) in [6.45, 7) is 4.42. The smallest absolute Gasteiger partial charge is 0.0631 e. The number of hydrogen-bond donors (Lipinski definition) is 0. The molecule has 1 heterocycles. The molecule has 0 spiro atoms. The molecule has 0 radical (unpaired) electrons. The van der Waals surface area contributed by atoms with Gasteiger partial charge in [-0.1, -0.05) is 59.6 Å². The van der Waals surface area contributed by atoms with E-state index in [2.05, 4.69) is 52.8 Å². The Morgan fingerprint density at radius 1 is 1.19 bits per heavy atom. The number of rotatable bonds is 7. The highest BCUT2D eigenvalue weighted by molar-refractivity contribution is 9.09. The molecule has 0 bridgehead atoms. The first-order chi connectivity index (χ1) is 10.2. The number of nitrogens with zero attached hydrogens (tertiary/aromatic N) is 2. The van der Waals surface area contributed by atoms with E-state index in [1.54, 1.807) is 0 Å². The highest BCUT2D eigenvalue weighted by atomic mass is 79.9. The van der Waals surface area contributed by atoms with E-state index in [9.17, 15) is 0 Å². The van der Waals surface area contributed by atoms with Crippen LogP contribution in [-0.2, 0) is 6.42 Å². The van der Waals surface area contributed by atoms with E-state index in [1.165, 1.54) is 5.56 Å². The lowest BCUT2D eigenvalue weighted by Crippen LogP contribution is -2.10. The summed E-state index contributed by atoms with van der Waals surface area (Å²) in [7, 11) is 0. The van der Waals surface area contributed by atoms with Crippen LogP contribution in [-0.4, -0.2) is 15.1 Å². The van der Waals surface area contributed by atoms with Gasteiger partial charge in [0.15, 0.2) is 0 Å². The minimum absolute atomic E-state index is 0.351. The molecule has 1 aromatic heterocycles. The van der Waals surface area contributed by atoms with Crippen LogP contribution in [0.4, 0.5) is 0 Å². The molecule has 4 heteroatoms. The molecule has 114 valence electrons. The summed E-state index contributed by atoms with van der Waals surface area (Å²) in [5.74, 6) is 0.351. The molecule has 0 N–H and O–H groups in total. The van der Waals surface area contributed by atoms with Gasteiger partial charge in [0.25, 0.3) is 0 Å². The number of halogens is 2. The average Bonchev–Trinajstić information content (AvgIpc) is 2.95. The molecule has 0 aliphatic carbocycles. The summed E-state index contributed by atoms with van der Waals surface area (Å²) in [4.78, 5) is 0. The maximum atomic E-state index is 6.32. The summed E-state index contributed by atoms with van der Waals surface area (Å²) >= 11 is 9.93. The third-order valence-electron chi connectivity index (χ3n) is 3.97. The molecule has 0 aliphatic heterocycles. The van der Waals surface area contributed by atoms with E-state index in [4.69, 9.17) is 16.7 Å². The van der Waals surface area contributed by atoms with E-state index in [0.717, 1.165) is 35.3 Å². The second-order valence-corrected chi connectivity index (χ2v) is 6.39. The lowest BCUT2D eigenvalue weighted by atomic mass is 9.96. The molecule has 2 nitrogen and oxygen atoms in total. The van der Waals surface area contributed by atoms with Gasteiger partial charge < -0.3 is 0 Å². The Labute approximate surface area is 140 Å². The Bertz CT molecular complexity index is 563. The van der Waals surface area contributed by atoms with Crippen LogP contribution in [0.25, 0.3) is 0 Å². The summed E-state index contributed by atoms with van der Waals surface area (Å²) in [6, 6.07) is 10.7. The Kier molecular flexibility index (Phi) is 6.31. The van der Waals surface area contributed by atoms with Crippen LogP contribution in [0.3, 0.4) is 0 Å². The second kappa shape index (κ2) is 8.00. The maximum absolute atomic E-state index is 6.32. The molecule has 1 unspecified atom stereocenters. The van der Waals surface area contributed by atoms with Crippen LogP contribution in [0.15, 0.2) is 36.5 Å². The van der Waals surface area contributed by atoms with Crippen molar-refractivity contribution in [1.29, 1.82) is 0 Å². The summed E-state index contributed by atoms with van der Waals surface area (Å²) < 4.78 is 2.10. The molecule has 0 saturated heterocycles. The van der Waals surface area contributed by atoms with E-state index >= 15 is 0 Å². The summed E-state index contributed by atoms with van der Waals surface area (Å²) in [5, 5.41) is 6.47. The highest BCUT2D eigenvalue weighted by Crippen LogP contribution is 2.29. The Balaban J connectivity index is 2.14. The van der Waals surface area contributed by atoms with Crippen molar-refractivity contribution in [2.24, 2.45) is 0 Å². The first-order valence-electron chi connectivity index (χ1n) is 7.54. The zero-order valence-corrected chi connectivity index (χ0v) is 14.9. The molecule has 1 atom stereocenters. The number of hydrogen-bond acceptors (Lipinski definition) is 1. The van der Waals surface area contributed by atoms with Crippen molar-refractivity contribution in [3.8, 4) is 0 Å². The van der Waals surface area contributed by atoms with Crippen LogP contribution in [0.1, 0.15) is 49.9 Å². The number of alkyl halides is 1. The molecule has 0 amide bonds. The van der Waals surface area contributed by atoms with Crippen LogP contribution in [0.2, 0.25) is 5.02 Å². The SMILES string of the molecule is CCC(CC)n1ccc(CC(CBr)c2ccccc2Cl)n1. The molecule has 0 aliphatic rings. The second-order valence-electron chi connectivity index (χ2n) is 5.33. The van der Waals surface area contributed by atoms with Crippen molar-refractivity contribution in [3.63, 3.8) is 0 Å². The van der Waals surface area contributed by atoms with E-state index in [0.29, 0.717) is 12.0 Å². The predicted molar refractivity (Wildman–Crippen MR) is 93.5 cm³/mol. The fourth-order valence-electron chi connectivity index (χ4n) is 2.66. The van der Waals surface area contributed by atoms with Crippen molar-refractivity contribution < 1.29 is 0 Å². The van der Waals surface area contributed by atoms with E-state index < -0.39 is 0 Å². The predicted octanol–water partition coefficient (Wildman–Crippen LogP) is 5.62. The van der Waals surface area contributed by atoms with Gasteiger partial charge >= 0.3 is 0 Å². The summed E-state index contributed by atoms with van der Waals surface area (Å²) in [6.07, 6.45) is 5.24. The summed E-state index contributed by atoms with van der Waals surface area (Å²) in [5.41, 5.74) is 2.32. The van der Waals surface area contributed by atoms with Crippen molar-refractivity contribution in [3.05, 3.63) is 52.8 Å². The lowest BCUT2D eigenvalue weighted by molar-refractivity contribution is 0.424. The molecule has 21 heavy (non-hydrogen) atoms. The van der Waals surface area contributed by atoms with Crippen LogP contribution >= 0.6 is 27.5 Å². The number of aromatic nitrogens is 2.